The van der Waals surface area contributed by atoms with Crippen LogP contribution in [0.4, 0.5) is 34.1 Å². The van der Waals surface area contributed by atoms with E-state index in [1.807, 2.05) is 11.3 Å². The molecule has 0 N–H and O–H groups in total. The van der Waals surface area contributed by atoms with Crippen LogP contribution >= 0.6 is 22.9 Å². The molecule has 4 heteroatoms. The molecule has 0 bridgehead atoms. The molecule has 0 unspecified atom stereocenters. The summed E-state index contributed by atoms with van der Waals surface area (Å²) in [6.07, 6.45) is 9.42. The summed E-state index contributed by atoms with van der Waals surface area (Å²) >= 11 is 9.47. The lowest BCUT2D eigenvalue weighted by Crippen LogP contribution is -2.34. The predicted octanol–water partition coefficient (Wildman–Crippen LogP) is 19.9. The lowest BCUT2D eigenvalue weighted by atomic mass is 9.63. The van der Waals surface area contributed by atoms with Gasteiger partial charge < -0.3 is 9.80 Å². The van der Waals surface area contributed by atoms with Gasteiger partial charge in [0.15, 0.2) is 0 Å². The van der Waals surface area contributed by atoms with Crippen molar-refractivity contribution in [3.05, 3.63) is 140 Å². The van der Waals surface area contributed by atoms with Gasteiger partial charge in [-0.1, -0.05) is 141 Å². The first-order valence-corrected chi connectivity index (χ1v) is 27.2. The van der Waals surface area contributed by atoms with Gasteiger partial charge in [0.05, 0.1) is 5.69 Å². The fraction of sp³-hybridized carbons (Fsp3) is 0.500. The number of nitrogens with zero attached hydrogens (tertiary/aromatic N) is 2. The molecule has 0 amide bonds. The van der Waals surface area contributed by atoms with E-state index in [0.717, 1.165) is 35.7 Å². The third-order valence-electron chi connectivity index (χ3n) is 18.4. The van der Waals surface area contributed by atoms with Crippen LogP contribution in [0.15, 0.2) is 90.3 Å². The summed E-state index contributed by atoms with van der Waals surface area (Å²) in [4.78, 5) is 5.07. The molecule has 0 fully saturated rings. The highest BCUT2D eigenvalue weighted by Gasteiger charge is 2.42. The Kier molecular flexibility index (Phi) is 10.8. The van der Waals surface area contributed by atoms with Gasteiger partial charge in [-0.05, 0) is 206 Å². The number of rotatable bonds is 6. The molecule has 0 saturated carbocycles. The van der Waals surface area contributed by atoms with Gasteiger partial charge in [-0.2, -0.15) is 0 Å². The molecule has 0 saturated heterocycles. The first-order valence-electron chi connectivity index (χ1n) is 25.9. The largest absolute Gasteiger partial charge is 0.310 e. The zero-order chi connectivity index (χ0) is 48.9. The Morgan fingerprint density at radius 3 is 1.03 bits per heavy atom. The van der Waals surface area contributed by atoms with Gasteiger partial charge in [0, 0.05) is 48.9 Å². The second kappa shape index (κ2) is 15.5. The molecule has 0 aliphatic heterocycles. The normalized spacial score (nSPS) is 21.8. The van der Waals surface area contributed by atoms with Crippen LogP contribution in [0.2, 0.25) is 5.02 Å². The minimum atomic E-state index is 0.0534. The maximum Gasteiger partial charge on any atom is 0.0647 e. The van der Waals surface area contributed by atoms with Crippen LogP contribution in [-0.2, 0) is 43.3 Å². The number of anilines is 6. The molecule has 6 aromatic rings. The van der Waals surface area contributed by atoms with Crippen molar-refractivity contribution in [1.82, 2.24) is 0 Å². The van der Waals surface area contributed by atoms with Crippen molar-refractivity contribution in [1.29, 1.82) is 0 Å². The highest BCUT2D eigenvalue weighted by atomic mass is 35.5. The quantitative estimate of drug-likeness (QED) is 0.164. The summed E-state index contributed by atoms with van der Waals surface area (Å²) in [6.45, 7) is 39.0. The van der Waals surface area contributed by atoms with Gasteiger partial charge in [0.25, 0.3) is 0 Å². The smallest absolute Gasteiger partial charge is 0.0647 e. The Bertz CT molecular complexity index is 2920. The van der Waals surface area contributed by atoms with Crippen LogP contribution in [0.3, 0.4) is 0 Å². The van der Waals surface area contributed by atoms with Crippen molar-refractivity contribution < 1.29 is 0 Å². The van der Waals surface area contributed by atoms with Crippen molar-refractivity contribution in [3.8, 4) is 0 Å². The van der Waals surface area contributed by atoms with Crippen molar-refractivity contribution in [2.45, 2.75) is 205 Å². The summed E-state index contributed by atoms with van der Waals surface area (Å²) in [5.74, 6) is 0. The molecule has 10 rings (SSSR count). The van der Waals surface area contributed by atoms with E-state index < -0.39 is 0 Å². The number of hydrogen-bond donors (Lipinski definition) is 0. The zero-order valence-electron chi connectivity index (χ0n) is 44.5. The third-order valence-corrected chi connectivity index (χ3v) is 19.6. The number of halogens is 1. The van der Waals surface area contributed by atoms with Gasteiger partial charge in [0.1, 0.15) is 0 Å². The van der Waals surface area contributed by atoms with E-state index in [9.17, 15) is 0 Å². The van der Waals surface area contributed by atoms with Crippen LogP contribution < -0.4 is 9.80 Å². The van der Waals surface area contributed by atoms with Crippen LogP contribution in [-0.4, -0.2) is 0 Å². The van der Waals surface area contributed by atoms with Crippen molar-refractivity contribution in [2.75, 3.05) is 9.80 Å². The van der Waals surface area contributed by atoms with E-state index in [2.05, 4.69) is 211 Å². The van der Waals surface area contributed by atoms with Gasteiger partial charge in [-0.25, -0.2) is 0 Å². The molecule has 0 spiro atoms. The van der Waals surface area contributed by atoms with Gasteiger partial charge in [0.2, 0.25) is 0 Å². The molecule has 4 aliphatic carbocycles. The zero-order valence-corrected chi connectivity index (χ0v) is 46.1. The Labute approximate surface area is 419 Å². The molecule has 358 valence electrons. The van der Waals surface area contributed by atoms with E-state index >= 15 is 0 Å². The van der Waals surface area contributed by atoms with E-state index in [1.165, 1.54) is 109 Å². The lowest BCUT2D eigenvalue weighted by Gasteiger charge is -2.43. The molecule has 68 heavy (non-hydrogen) atoms. The van der Waals surface area contributed by atoms with E-state index in [-0.39, 0.29) is 43.3 Å². The maximum atomic E-state index is 7.59. The topological polar surface area (TPSA) is 6.48 Å². The second-order valence-electron chi connectivity index (χ2n) is 27.1. The molecule has 4 aliphatic rings. The second-order valence-corrected chi connectivity index (χ2v) is 28.5. The molecular formula is C64H79ClN2S. The highest BCUT2D eigenvalue weighted by Crippen LogP contribution is 2.55. The van der Waals surface area contributed by atoms with Crippen LogP contribution in [0.1, 0.15) is 207 Å². The van der Waals surface area contributed by atoms with Gasteiger partial charge in [-0.3, -0.25) is 0 Å². The van der Waals surface area contributed by atoms with E-state index in [0.29, 0.717) is 0 Å². The average molecular weight is 944 g/mol. The molecular weight excluding hydrogens is 864 g/mol. The summed E-state index contributed by atoms with van der Waals surface area (Å²) in [7, 11) is 0. The summed E-state index contributed by atoms with van der Waals surface area (Å²) < 4.78 is 1.34. The van der Waals surface area contributed by atoms with Gasteiger partial charge in [-0.15, -0.1) is 11.3 Å². The average Bonchev–Trinajstić information content (AvgIpc) is 3.67. The fourth-order valence-corrected chi connectivity index (χ4v) is 14.3. The monoisotopic (exact) mass is 943 g/mol. The standard InChI is InChI=1S/C64H79ClN2S/c1-57(2)23-26-60(7,8)50-34-41(17-20-47(50)57)66(42-18-21-48-51(35-42)61(9,10)27-24-58(48,3)4)44-31-40(65)32-45(33-44)67(43-19-22-49-52(36-43)62(11,12)28-25-59(49,5)6)55-39-68-56-38-54-53(37-46(55)56)63(13,14)29-30-64(54,15)16/h17-22,31-39H,23-30H2,1-16H3. The molecule has 1 heterocycles. The lowest BCUT2D eigenvalue weighted by molar-refractivity contribution is 0.332. The molecule has 5 aromatic carbocycles. The van der Waals surface area contributed by atoms with Crippen molar-refractivity contribution >= 4 is 67.1 Å². The van der Waals surface area contributed by atoms with Crippen LogP contribution in [0, 0.1) is 0 Å². The Morgan fingerprint density at radius 1 is 0.338 bits per heavy atom. The molecule has 1 aromatic heterocycles. The molecule has 0 radical (unpaired) electrons. The highest BCUT2D eigenvalue weighted by molar-refractivity contribution is 7.17. The van der Waals surface area contributed by atoms with Crippen LogP contribution in [0.25, 0.3) is 10.1 Å². The summed E-state index contributed by atoms with van der Waals surface area (Å²) in [5.41, 5.74) is 19.4. The summed E-state index contributed by atoms with van der Waals surface area (Å²) in [5, 5.41) is 4.46. The maximum absolute atomic E-state index is 7.59. The van der Waals surface area contributed by atoms with E-state index in [4.69, 9.17) is 11.6 Å². The van der Waals surface area contributed by atoms with Crippen molar-refractivity contribution in [3.63, 3.8) is 0 Å². The molecule has 0 atom stereocenters. The Morgan fingerprint density at radius 2 is 0.647 bits per heavy atom. The third kappa shape index (κ3) is 7.78. The van der Waals surface area contributed by atoms with Crippen LogP contribution in [0.5, 0.6) is 0 Å². The number of benzene rings is 5. The SMILES string of the molecule is CC1(C)CCC(C)(C)c2cc(N(c3cc(Cl)cc(N(c4ccc5c(c4)C(C)(C)CCC5(C)C)c4csc5cc6c(cc45)C(C)(C)CCC6(C)C)c3)c3ccc4c(c3)C(C)(C)CCC4(C)C)ccc21. The minimum Gasteiger partial charge on any atom is -0.310 e. The first kappa shape index (κ1) is 47.6. The van der Waals surface area contributed by atoms with Crippen molar-refractivity contribution in [2.24, 2.45) is 0 Å². The Balaban J connectivity index is 1.23. The number of fused-ring (bicyclic) bond motifs is 5. The Hall–Kier alpha value is -4.05. The van der Waals surface area contributed by atoms with Gasteiger partial charge >= 0.3 is 0 Å². The number of hydrogen-bond acceptors (Lipinski definition) is 3. The summed E-state index contributed by atoms with van der Waals surface area (Å²) in [6, 6.07) is 34.1. The van der Waals surface area contributed by atoms with E-state index in [1.54, 1.807) is 0 Å². The molecule has 2 nitrogen and oxygen atoms in total. The minimum absolute atomic E-state index is 0.0534. The first-order chi connectivity index (χ1) is 31.5. The number of thiophene rings is 1. The fourth-order valence-electron chi connectivity index (χ4n) is 13.1. The predicted molar refractivity (Wildman–Crippen MR) is 297 cm³/mol.